The highest BCUT2D eigenvalue weighted by atomic mass is 32.2. The maximum Gasteiger partial charge on any atom is 0.242 e. The molecule has 0 spiro atoms. The zero-order chi connectivity index (χ0) is 13.6. The monoisotopic (exact) mass is 266 g/mol. The minimum atomic E-state index is -3.52. The number of rotatable bonds is 6. The highest BCUT2D eigenvalue weighted by Crippen LogP contribution is 2.19. The number of unbranched alkanes of at least 4 members (excludes halogenated alkanes) is 2. The standard InChI is InChI=1S/C13H18N2O2S/c1-3-4-5-6-9-15-18(16,17)13-8-7-11(2)10-12(13)14/h1,7-8,10,15H,4-6,9,14H2,2H3. The number of benzene rings is 1. The van der Waals surface area contributed by atoms with Gasteiger partial charge >= 0.3 is 0 Å². The van der Waals surface area contributed by atoms with E-state index in [1.165, 1.54) is 6.07 Å². The molecule has 1 rings (SSSR count). The first-order valence-electron chi connectivity index (χ1n) is 5.76. The van der Waals surface area contributed by atoms with Crippen molar-refractivity contribution in [1.82, 2.24) is 4.72 Å². The van der Waals surface area contributed by atoms with Gasteiger partial charge in [-0.15, -0.1) is 12.3 Å². The zero-order valence-electron chi connectivity index (χ0n) is 10.4. The molecule has 0 radical (unpaired) electrons. The molecule has 1 aromatic carbocycles. The summed E-state index contributed by atoms with van der Waals surface area (Å²) in [7, 11) is -3.52. The van der Waals surface area contributed by atoms with Crippen molar-refractivity contribution in [2.75, 3.05) is 12.3 Å². The van der Waals surface area contributed by atoms with E-state index in [-0.39, 0.29) is 10.6 Å². The molecule has 0 saturated carbocycles. The molecule has 0 amide bonds. The van der Waals surface area contributed by atoms with Crippen molar-refractivity contribution in [3.63, 3.8) is 0 Å². The van der Waals surface area contributed by atoms with Gasteiger partial charge in [-0.1, -0.05) is 6.07 Å². The van der Waals surface area contributed by atoms with Crippen molar-refractivity contribution in [1.29, 1.82) is 0 Å². The van der Waals surface area contributed by atoms with Gasteiger partial charge in [-0.25, -0.2) is 13.1 Å². The molecule has 18 heavy (non-hydrogen) atoms. The van der Waals surface area contributed by atoms with Crippen LogP contribution in [0.2, 0.25) is 0 Å². The Morgan fingerprint density at radius 3 is 2.72 bits per heavy atom. The molecule has 0 bridgehead atoms. The van der Waals surface area contributed by atoms with Crippen LogP contribution in [0.4, 0.5) is 5.69 Å². The fraction of sp³-hybridized carbons (Fsp3) is 0.385. The first-order valence-corrected chi connectivity index (χ1v) is 7.25. The quantitative estimate of drug-likeness (QED) is 0.467. The van der Waals surface area contributed by atoms with Gasteiger partial charge in [0.2, 0.25) is 10.0 Å². The average Bonchev–Trinajstić information content (AvgIpc) is 2.28. The van der Waals surface area contributed by atoms with Gasteiger partial charge in [-0.2, -0.15) is 0 Å². The largest absolute Gasteiger partial charge is 0.398 e. The molecule has 1 aromatic rings. The van der Waals surface area contributed by atoms with E-state index in [1.54, 1.807) is 12.1 Å². The molecular formula is C13H18N2O2S. The van der Waals surface area contributed by atoms with E-state index < -0.39 is 10.0 Å². The van der Waals surface area contributed by atoms with Crippen molar-refractivity contribution in [3.8, 4) is 12.3 Å². The first-order chi connectivity index (χ1) is 8.47. The Morgan fingerprint density at radius 2 is 2.11 bits per heavy atom. The highest BCUT2D eigenvalue weighted by Gasteiger charge is 2.16. The van der Waals surface area contributed by atoms with Crippen molar-refractivity contribution < 1.29 is 8.42 Å². The normalized spacial score (nSPS) is 11.1. The second-order valence-electron chi connectivity index (χ2n) is 4.10. The Labute approximate surface area is 109 Å². The highest BCUT2D eigenvalue weighted by molar-refractivity contribution is 7.89. The Hall–Kier alpha value is -1.51. The number of sulfonamides is 1. The Bertz CT molecular complexity index is 545. The molecule has 0 fully saturated rings. The van der Waals surface area contributed by atoms with E-state index in [0.29, 0.717) is 13.0 Å². The van der Waals surface area contributed by atoms with Gasteiger partial charge in [0.1, 0.15) is 4.90 Å². The summed E-state index contributed by atoms with van der Waals surface area (Å²) in [5.74, 6) is 2.52. The molecule has 5 heteroatoms. The van der Waals surface area contributed by atoms with Gasteiger partial charge in [-0.05, 0) is 37.5 Å². The van der Waals surface area contributed by atoms with Crippen molar-refractivity contribution in [2.24, 2.45) is 0 Å². The SMILES string of the molecule is C#CCCCCNS(=O)(=O)c1ccc(C)cc1N. The number of nitrogens with two attached hydrogens (primary N) is 1. The van der Waals surface area contributed by atoms with E-state index >= 15 is 0 Å². The third-order valence-electron chi connectivity index (χ3n) is 2.49. The Morgan fingerprint density at radius 1 is 1.39 bits per heavy atom. The summed E-state index contributed by atoms with van der Waals surface area (Å²) >= 11 is 0. The minimum Gasteiger partial charge on any atom is -0.398 e. The smallest absolute Gasteiger partial charge is 0.242 e. The lowest BCUT2D eigenvalue weighted by Gasteiger charge is -2.09. The van der Waals surface area contributed by atoms with E-state index in [9.17, 15) is 8.42 Å². The maximum absolute atomic E-state index is 12.0. The van der Waals surface area contributed by atoms with Gasteiger partial charge in [0.05, 0.1) is 5.69 Å². The van der Waals surface area contributed by atoms with E-state index in [0.717, 1.165) is 18.4 Å². The van der Waals surface area contributed by atoms with Crippen molar-refractivity contribution >= 4 is 15.7 Å². The summed E-state index contributed by atoms with van der Waals surface area (Å²) in [4.78, 5) is 0.130. The molecule has 4 nitrogen and oxygen atoms in total. The average molecular weight is 266 g/mol. The second-order valence-corrected chi connectivity index (χ2v) is 5.84. The van der Waals surface area contributed by atoms with Crippen LogP contribution in [0.3, 0.4) is 0 Å². The number of anilines is 1. The topological polar surface area (TPSA) is 72.2 Å². The third kappa shape index (κ3) is 4.06. The van der Waals surface area contributed by atoms with Crippen LogP contribution < -0.4 is 10.5 Å². The van der Waals surface area contributed by atoms with Crippen molar-refractivity contribution in [2.45, 2.75) is 31.1 Å². The molecule has 0 atom stereocenters. The maximum atomic E-state index is 12.0. The number of terminal acetylenes is 1. The Balaban J connectivity index is 2.66. The molecule has 0 saturated heterocycles. The first kappa shape index (κ1) is 14.6. The molecule has 0 unspecified atom stereocenters. The predicted molar refractivity (Wildman–Crippen MR) is 73.5 cm³/mol. The fourth-order valence-corrected chi connectivity index (χ4v) is 2.73. The number of nitrogen functional groups attached to an aromatic ring is 1. The lowest BCUT2D eigenvalue weighted by Crippen LogP contribution is -2.25. The summed E-state index contributed by atoms with van der Waals surface area (Å²) in [6.45, 7) is 2.23. The van der Waals surface area contributed by atoms with Gasteiger partial charge in [-0.3, -0.25) is 0 Å². The summed E-state index contributed by atoms with van der Waals surface area (Å²) < 4.78 is 26.4. The molecule has 0 heterocycles. The predicted octanol–water partition coefficient (Wildman–Crippen LogP) is 1.66. The fourth-order valence-electron chi connectivity index (χ4n) is 1.55. The van der Waals surface area contributed by atoms with E-state index in [1.807, 2.05) is 6.92 Å². The van der Waals surface area contributed by atoms with Crippen LogP contribution in [0.5, 0.6) is 0 Å². The second kappa shape index (κ2) is 6.43. The molecule has 98 valence electrons. The Kier molecular flexibility index (Phi) is 5.20. The number of hydrogen-bond donors (Lipinski definition) is 2. The summed E-state index contributed by atoms with van der Waals surface area (Å²) in [5.41, 5.74) is 6.91. The number of nitrogens with one attached hydrogen (secondary N) is 1. The van der Waals surface area contributed by atoms with Crippen LogP contribution in [0.15, 0.2) is 23.1 Å². The van der Waals surface area contributed by atoms with Crippen LogP contribution >= 0.6 is 0 Å². The number of hydrogen-bond acceptors (Lipinski definition) is 3. The molecule has 0 aromatic heterocycles. The van der Waals surface area contributed by atoms with Gasteiger partial charge in [0.15, 0.2) is 0 Å². The van der Waals surface area contributed by atoms with Gasteiger partial charge in [0.25, 0.3) is 0 Å². The molecule has 0 aliphatic carbocycles. The van der Waals surface area contributed by atoms with Crippen LogP contribution in [-0.2, 0) is 10.0 Å². The zero-order valence-corrected chi connectivity index (χ0v) is 11.3. The summed E-state index contributed by atoms with van der Waals surface area (Å²) in [6, 6.07) is 4.89. The lowest BCUT2D eigenvalue weighted by atomic mass is 10.2. The minimum absolute atomic E-state index is 0.130. The molecular weight excluding hydrogens is 248 g/mol. The van der Waals surface area contributed by atoms with Gasteiger partial charge in [0, 0.05) is 13.0 Å². The summed E-state index contributed by atoms with van der Waals surface area (Å²) in [6.07, 6.45) is 7.30. The van der Waals surface area contributed by atoms with Crippen LogP contribution in [0, 0.1) is 19.3 Å². The van der Waals surface area contributed by atoms with Crippen molar-refractivity contribution in [3.05, 3.63) is 23.8 Å². The molecule has 0 aliphatic rings. The lowest BCUT2D eigenvalue weighted by molar-refractivity contribution is 0.578. The van der Waals surface area contributed by atoms with E-state index in [4.69, 9.17) is 12.2 Å². The van der Waals surface area contributed by atoms with Crippen LogP contribution in [-0.4, -0.2) is 15.0 Å². The summed E-state index contributed by atoms with van der Waals surface area (Å²) in [5, 5.41) is 0. The third-order valence-corrected chi connectivity index (χ3v) is 4.03. The number of aryl methyl sites for hydroxylation is 1. The van der Waals surface area contributed by atoms with E-state index in [2.05, 4.69) is 10.6 Å². The van der Waals surface area contributed by atoms with Crippen LogP contribution in [0.1, 0.15) is 24.8 Å². The van der Waals surface area contributed by atoms with Gasteiger partial charge < -0.3 is 5.73 Å². The molecule has 3 N–H and O–H groups in total. The molecule has 0 aliphatic heterocycles. The van der Waals surface area contributed by atoms with Crippen LogP contribution in [0.25, 0.3) is 0 Å².